The molecule has 0 aromatic heterocycles. The van der Waals surface area contributed by atoms with Crippen molar-refractivity contribution < 1.29 is 19.3 Å². The van der Waals surface area contributed by atoms with Crippen molar-refractivity contribution in [3.05, 3.63) is 29.8 Å². The Hall–Kier alpha value is -1.18. The summed E-state index contributed by atoms with van der Waals surface area (Å²) in [4.78, 5) is 4.62. The Bertz CT molecular complexity index is 530. The summed E-state index contributed by atoms with van der Waals surface area (Å²) >= 11 is 0. The first kappa shape index (κ1) is 19.6. The largest absolute Gasteiger partial charge is 0.491 e. The highest BCUT2D eigenvalue weighted by atomic mass is 16.5. The molecule has 3 rings (SSSR count). The van der Waals surface area contributed by atoms with Crippen LogP contribution in [0.4, 0.5) is 0 Å². The van der Waals surface area contributed by atoms with Gasteiger partial charge in [-0.1, -0.05) is 12.1 Å². The molecule has 146 valence electrons. The smallest absolute Gasteiger partial charge is 0.119 e. The van der Waals surface area contributed by atoms with E-state index in [0.29, 0.717) is 19.2 Å². The van der Waals surface area contributed by atoms with Gasteiger partial charge >= 0.3 is 0 Å². The molecule has 1 atom stereocenters. The van der Waals surface area contributed by atoms with Crippen LogP contribution in [-0.4, -0.2) is 86.8 Å². The molecule has 1 N–H and O–H groups in total. The number of rotatable bonds is 8. The van der Waals surface area contributed by atoms with Crippen LogP contribution < -0.4 is 4.74 Å². The number of aliphatic hydroxyl groups excluding tert-OH is 1. The van der Waals surface area contributed by atoms with E-state index in [1.54, 1.807) is 0 Å². The molecule has 2 aliphatic heterocycles. The number of nitrogens with zero attached hydrogens (tertiary/aromatic N) is 2. The number of ether oxygens (including phenoxy) is 3. The highest BCUT2D eigenvalue weighted by Crippen LogP contribution is 2.19. The predicted molar refractivity (Wildman–Crippen MR) is 101 cm³/mol. The summed E-state index contributed by atoms with van der Waals surface area (Å²) in [5.41, 5.74) is 1.24. The van der Waals surface area contributed by atoms with Gasteiger partial charge in [-0.05, 0) is 37.6 Å². The molecule has 1 aromatic carbocycles. The van der Waals surface area contributed by atoms with Crippen LogP contribution in [0.1, 0.15) is 18.4 Å². The maximum Gasteiger partial charge on any atom is 0.119 e. The van der Waals surface area contributed by atoms with Crippen LogP contribution in [0.5, 0.6) is 5.75 Å². The third-order valence-corrected chi connectivity index (χ3v) is 5.16. The highest BCUT2D eigenvalue weighted by Gasteiger charge is 2.19. The van der Waals surface area contributed by atoms with E-state index in [1.165, 1.54) is 5.56 Å². The Labute approximate surface area is 156 Å². The summed E-state index contributed by atoms with van der Waals surface area (Å²) in [7, 11) is 2.18. The zero-order valence-electron chi connectivity index (χ0n) is 15.8. The van der Waals surface area contributed by atoms with Crippen LogP contribution in [0, 0.1) is 0 Å². The lowest BCUT2D eigenvalue weighted by molar-refractivity contribution is 0.00464. The van der Waals surface area contributed by atoms with Crippen LogP contribution >= 0.6 is 0 Å². The topological polar surface area (TPSA) is 54.4 Å². The van der Waals surface area contributed by atoms with Crippen molar-refractivity contribution in [2.75, 3.05) is 59.7 Å². The number of hydrogen-bond donors (Lipinski definition) is 1. The number of hydrogen-bond acceptors (Lipinski definition) is 6. The van der Waals surface area contributed by atoms with Gasteiger partial charge in [0.05, 0.1) is 13.2 Å². The van der Waals surface area contributed by atoms with E-state index in [1.807, 2.05) is 12.1 Å². The van der Waals surface area contributed by atoms with Gasteiger partial charge in [0.25, 0.3) is 0 Å². The Balaban J connectivity index is 1.44. The van der Waals surface area contributed by atoms with E-state index in [0.717, 1.165) is 64.7 Å². The van der Waals surface area contributed by atoms with Crippen molar-refractivity contribution >= 4 is 0 Å². The van der Waals surface area contributed by atoms with E-state index >= 15 is 0 Å². The summed E-state index contributed by atoms with van der Waals surface area (Å²) in [6, 6.07) is 8.78. The fraction of sp³-hybridized carbons (Fsp3) is 0.700. The van der Waals surface area contributed by atoms with Crippen LogP contribution in [0.3, 0.4) is 0 Å². The lowest BCUT2D eigenvalue weighted by Crippen LogP contribution is -2.42. The van der Waals surface area contributed by atoms with E-state index in [4.69, 9.17) is 14.2 Å². The summed E-state index contributed by atoms with van der Waals surface area (Å²) < 4.78 is 16.6. The first-order valence-electron chi connectivity index (χ1n) is 9.68. The molecule has 1 aromatic rings. The average Bonchev–Trinajstić information content (AvgIpc) is 2.68. The molecule has 6 nitrogen and oxygen atoms in total. The van der Waals surface area contributed by atoms with Crippen molar-refractivity contribution in [1.29, 1.82) is 0 Å². The fourth-order valence-electron chi connectivity index (χ4n) is 3.60. The molecule has 0 unspecified atom stereocenters. The van der Waals surface area contributed by atoms with Crippen molar-refractivity contribution in [3.63, 3.8) is 0 Å². The molecule has 2 fully saturated rings. The monoisotopic (exact) mass is 364 g/mol. The third kappa shape index (κ3) is 6.21. The van der Waals surface area contributed by atoms with Crippen molar-refractivity contribution in [2.45, 2.75) is 31.5 Å². The lowest BCUT2D eigenvalue weighted by Gasteiger charge is -2.31. The van der Waals surface area contributed by atoms with Gasteiger partial charge in [-0.15, -0.1) is 0 Å². The van der Waals surface area contributed by atoms with Gasteiger partial charge < -0.3 is 19.3 Å². The predicted octanol–water partition coefficient (Wildman–Crippen LogP) is 1.37. The standard InChI is InChI=1S/C20H32N2O4/c1-21(18-5-9-24-10-6-18)14-17-3-2-4-20(13-17)26-16-19(23)15-22-7-11-25-12-8-22/h2-4,13,18-19,23H,5-12,14-16H2,1H3/t19-/m0/s1. The summed E-state index contributed by atoms with van der Waals surface area (Å²) in [6.07, 6.45) is 1.71. The zero-order valence-corrected chi connectivity index (χ0v) is 15.8. The quantitative estimate of drug-likeness (QED) is 0.752. The molecule has 0 amide bonds. The van der Waals surface area contributed by atoms with Crippen molar-refractivity contribution in [2.24, 2.45) is 0 Å². The summed E-state index contributed by atoms with van der Waals surface area (Å²) in [5.74, 6) is 0.823. The molecule has 0 bridgehead atoms. The maximum atomic E-state index is 10.2. The van der Waals surface area contributed by atoms with Crippen molar-refractivity contribution in [3.8, 4) is 5.75 Å². The minimum atomic E-state index is -0.485. The second kappa shape index (κ2) is 10.2. The molecular weight excluding hydrogens is 332 g/mol. The Morgan fingerprint density at radius 1 is 1.19 bits per heavy atom. The molecular formula is C20H32N2O4. The second-order valence-corrected chi connectivity index (χ2v) is 7.28. The lowest BCUT2D eigenvalue weighted by atomic mass is 10.1. The fourth-order valence-corrected chi connectivity index (χ4v) is 3.60. The van der Waals surface area contributed by atoms with Crippen molar-refractivity contribution in [1.82, 2.24) is 9.80 Å². The third-order valence-electron chi connectivity index (χ3n) is 5.16. The summed E-state index contributed by atoms with van der Waals surface area (Å²) in [5, 5.41) is 10.2. The number of aliphatic hydroxyl groups is 1. The minimum Gasteiger partial charge on any atom is -0.491 e. The first-order valence-corrected chi connectivity index (χ1v) is 9.68. The van der Waals surface area contributed by atoms with E-state index in [2.05, 4.69) is 29.0 Å². The molecule has 6 heteroatoms. The normalized spacial score (nSPS) is 21.0. The van der Waals surface area contributed by atoms with Crippen LogP contribution in [0.2, 0.25) is 0 Å². The number of morpholine rings is 1. The van der Waals surface area contributed by atoms with E-state index < -0.39 is 6.10 Å². The highest BCUT2D eigenvalue weighted by molar-refractivity contribution is 5.28. The Morgan fingerprint density at radius 3 is 2.69 bits per heavy atom. The molecule has 0 aliphatic carbocycles. The van der Waals surface area contributed by atoms with E-state index in [9.17, 15) is 5.11 Å². The second-order valence-electron chi connectivity index (χ2n) is 7.28. The Kier molecular flexibility index (Phi) is 7.70. The van der Waals surface area contributed by atoms with Crippen LogP contribution in [0.25, 0.3) is 0 Å². The minimum absolute atomic E-state index is 0.316. The summed E-state index contributed by atoms with van der Waals surface area (Å²) in [6.45, 7) is 6.82. The molecule has 2 heterocycles. The molecule has 0 radical (unpaired) electrons. The molecule has 26 heavy (non-hydrogen) atoms. The van der Waals surface area contributed by atoms with Gasteiger partial charge in [0, 0.05) is 45.4 Å². The van der Waals surface area contributed by atoms with Crippen LogP contribution in [0.15, 0.2) is 24.3 Å². The molecule has 0 spiro atoms. The first-order chi connectivity index (χ1) is 12.7. The van der Waals surface area contributed by atoms with Crippen LogP contribution in [-0.2, 0) is 16.0 Å². The molecule has 2 saturated heterocycles. The van der Waals surface area contributed by atoms with Gasteiger partial charge in [0.2, 0.25) is 0 Å². The average molecular weight is 364 g/mol. The Morgan fingerprint density at radius 2 is 1.92 bits per heavy atom. The van der Waals surface area contributed by atoms with Gasteiger partial charge in [-0.3, -0.25) is 9.80 Å². The molecule has 0 saturated carbocycles. The number of benzene rings is 1. The maximum absolute atomic E-state index is 10.2. The van der Waals surface area contributed by atoms with Gasteiger partial charge in [-0.2, -0.15) is 0 Å². The zero-order chi connectivity index (χ0) is 18.2. The molecule has 2 aliphatic rings. The van der Waals surface area contributed by atoms with E-state index in [-0.39, 0.29) is 0 Å². The SMILES string of the molecule is CN(Cc1cccc(OC[C@@H](O)CN2CCOCC2)c1)C1CCOCC1. The number of β-amino-alcohol motifs (C(OH)–C–C–N with tert-alkyl or cyclic N) is 1. The van der Waals surface area contributed by atoms with Gasteiger partial charge in [0.1, 0.15) is 18.5 Å². The van der Waals surface area contributed by atoms with Gasteiger partial charge in [0.15, 0.2) is 0 Å². The van der Waals surface area contributed by atoms with Gasteiger partial charge in [-0.25, -0.2) is 0 Å².